The molecule has 0 aromatic heterocycles. The quantitative estimate of drug-likeness (QED) is 0.346. The van der Waals surface area contributed by atoms with Crippen molar-refractivity contribution >= 4 is 29.9 Å². The number of benzene rings is 1. The average Bonchev–Trinajstić information content (AvgIpc) is 2.65. The lowest BCUT2D eigenvalue weighted by atomic mass is 9.98. The molecule has 1 heterocycles. The number of ether oxygens (including phenoxy) is 1. The molecule has 7 heteroatoms. The summed E-state index contributed by atoms with van der Waals surface area (Å²) in [6.45, 7) is 10.5. The molecule has 0 atom stereocenters. The van der Waals surface area contributed by atoms with Gasteiger partial charge in [0.25, 0.3) is 0 Å². The molecule has 0 saturated carbocycles. The summed E-state index contributed by atoms with van der Waals surface area (Å²) in [4.78, 5) is 6.82. The molecule has 0 aliphatic carbocycles. The molecule has 1 saturated heterocycles. The van der Waals surface area contributed by atoms with Crippen LogP contribution in [0.1, 0.15) is 45.6 Å². The number of hydrogen-bond acceptors (Lipinski definition) is 3. The molecular formula is C20H34FIN4O. The number of nitrogens with one attached hydrogen (secondary N) is 2. The first-order valence-corrected chi connectivity index (χ1v) is 9.57. The fourth-order valence-electron chi connectivity index (χ4n) is 3.24. The van der Waals surface area contributed by atoms with Crippen LogP contribution in [-0.4, -0.2) is 49.7 Å². The second kappa shape index (κ2) is 11.7. The monoisotopic (exact) mass is 492 g/mol. The number of halogens is 2. The highest BCUT2D eigenvalue weighted by molar-refractivity contribution is 14.0. The van der Waals surface area contributed by atoms with Gasteiger partial charge in [-0.1, -0.05) is 12.5 Å². The van der Waals surface area contributed by atoms with Crippen molar-refractivity contribution in [1.29, 1.82) is 0 Å². The van der Waals surface area contributed by atoms with Crippen molar-refractivity contribution in [2.75, 3.05) is 33.3 Å². The van der Waals surface area contributed by atoms with Crippen LogP contribution < -0.4 is 15.4 Å². The van der Waals surface area contributed by atoms with Gasteiger partial charge in [-0.15, -0.1) is 24.0 Å². The molecule has 1 fully saturated rings. The third-order valence-corrected chi connectivity index (χ3v) is 4.88. The van der Waals surface area contributed by atoms with E-state index in [4.69, 9.17) is 4.74 Å². The Morgan fingerprint density at radius 2 is 1.93 bits per heavy atom. The Hall–Kier alpha value is -1.09. The first-order chi connectivity index (χ1) is 12.5. The lowest BCUT2D eigenvalue weighted by Crippen LogP contribution is -2.54. The molecule has 154 valence electrons. The molecule has 27 heavy (non-hydrogen) atoms. The van der Waals surface area contributed by atoms with E-state index in [1.807, 2.05) is 13.0 Å². The van der Waals surface area contributed by atoms with Crippen LogP contribution in [0.5, 0.6) is 5.75 Å². The van der Waals surface area contributed by atoms with Crippen LogP contribution in [-0.2, 0) is 6.54 Å². The third kappa shape index (κ3) is 7.44. The first-order valence-electron chi connectivity index (χ1n) is 9.57. The maximum atomic E-state index is 13.9. The highest BCUT2D eigenvalue weighted by Gasteiger charge is 2.27. The Balaban J connectivity index is 0.00000364. The zero-order valence-electron chi connectivity index (χ0n) is 17.0. The van der Waals surface area contributed by atoms with Crippen molar-refractivity contribution in [1.82, 2.24) is 15.5 Å². The number of rotatable bonds is 7. The zero-order valence-corrected chi connectivity index (χ0v) is 19.3. The highest BCUT2D eigenvalue weighted by Crippen LogP contribution is 2.20. The molecule has 1 aliphatic rings. The standard InChI is InChI=1S/C20H33FN4O.HI/c1-5-26-18-10-9-16(13-17(18)21)14-23-19(22-4)24-15-20(2,3)25-11-7-6-8-12-25;/h9-10,13H,5-8,11-12,14-15H2,1-4H3,(H2,22,23,24);1H. The van der Waals surface area contributed by atoms with E-state index in [1.165, 1.54) is 25.3 Å². The summed E-state index contributed by atoms with van der Waals surface area (Å²) in [6.07, 6.45) is 3.89. The minimum absolute atomic E-state index is 0. The van der Waals surface area contributed by atoms with Gasteiger partial charge < -0.3 is 15.4 Å². The van der Waals surface area contributed by atoms with Crippen LogP contribution in [0.2, 0.25) is 0 Å². The van der Waals surface area contributed by atoms with Gasteiger partial charge in [-0.25, -0.2) is 4.39 Å². The number of nitrogens with zero attached hydrogens (tertiary/aromatic N) is 2. The van der Waals surface area contributed by atoms with Gasteiger partial charge >= 0.3 is 0 Å². The molecule has 0 spiro atoms. The van der Waals surface area contributed by atoms with Crippen LogP contribution in [0, 0.1) is 5.82 Å². The summed E-state index contributed by atoms with van der Waals surface area (Å²) in [7, 11) is 1.75. The third-order valence-electron chi connectivity index (χ3n) is 4.88. The van der Waals surface area contributed by atoms with Gasteiger partial charge in [-0.3, -0.25) is 9.89 Å². The fraction of sp³-hybridized carbons (Fsp3) is 0.650. The van der Waals surface area contributed by atoms with E-state index in [0.717, 1.165) is 31.2 Å². The second-order valence-electron chi connectivity index (χ2n) is 7.34. The van der Waals surface area contributed by atoms with Crippen LogP contribution >= 0.6 is 24.0 Å². The summed E-state index contributed by atoms with van der Waals surface area (Å²) in [5, 5.41) is 6.66. The van der Waals surface area contributed by atoms with Gasteiger partial charge in [0.2, 0.25) is 0 Å². The molecule has 0 radical (unpaired) electrons. The number of hydrogen-bond donors (Lipinski definition) is 2. The topological polar surface area (TPSA) is 48.9 Å². The molecule has 1 aliphatic heterocycles. The van der Waals surface area contributed by atoms with Gasteiger partial charge in [0.15, 0.2) is 17.5 Å². The number of aliphatic imine (C=N–C) groups is 1. The van der Waals surface area contributed by atoms with Crippen LogP contribution in [0.15, 0.2) is 23.2 Å². The normalized spacial score (nSPS) is 15.8. The van der Waals surface area contributed by atoms with E-state index in [9.17, 15) is 4.39 Å². The van der Waals surface area contributed by atoms with Gasteiger partial charge in [-0.05, 0) is 64.4 Å². The Bertz CT molecular complexity index is 604. The Morgan fingerprint density at radius 3 is 2.52 bits per heavy atom. The lowest BCUT2D eigenvalue weighted by molar-refractivity contribution is 0.0982. The van der Waals surface area contributed by atoms with E-state index in [1.54, 1.807) is 13.1 Å². The molecule has 2 rings (SSSR count). The summed E-state index contributed by atoms with van der Waals surface area (Å²) in [5.41, 5.74) is 0.924. The molecule has 1 aromatic carbocycles. The molecule has 2 N–H and O–H groups in total. The number of likely N-dealkylation sites (tertiary alicyclic amines) is 1. The van der Waals surface area contributed by atoms with Crippen LogP contribution in [0.25, 0.3) is 0 Å². The Labute approximate surface area is 180 Å². The molecule has 5 nitrogen and oxygen atoms in total. The van der Waals surface area contributed by atoms with Gasteiger partial charge in [0, 0.05) is 25.7 Å². The van der Waals surface area contributed by atoms with Crippen molar-refractivity contribution in [2.24, 2.45) is 4.99 Å². The minimum Gasteiger partial charge on any atom is -0.491 e. The minimum atomic E-state index is -0.333. The zero-order chi connectivity index (χ0) is 19.0. The predicted molar refractivity (Wildman–Crippen MR) is 121 cm³/mol. The van der Waals surface area contributed by atoms with Crippen molar-refractivity contribution in [3.05, 3.63) is 29.6 Å². The average molecular weight is 492 g/mol. The predicted octanol–water partition coefficient (Wildman–Crippen LogP) is 3.77. The number of guanidine groups is 1. The molecule has 0 amide bonds. The second-order valence-corrected chi connectivity index (χ2v) is 7.34. The van der Waals surface area contributed by atoms with Crippen molar-refractivity contribution in [2.45, 2.75) is 52.1 Å². The van der Waals surface area contributed by atoms with Gasteiger partial charge in [0.05, 0.1) is 6.61 Å². The van der Waals surface area contributed by atoms with Crippen molar-refractivity contribution in [3.8, 4) is 5.75 Å². The Kier molecular flexibility index (Phi) is 10.4. The van der Waals surface area contributed by atoms with Gasteiger partial charge in [-0.2, -0.15) is 0 Å². The van der Waals surface area contributed by atoms with E-state index in [0.29, 0.717) is 18.9 Å². The van der Waals surface area contributed by atoms with E-state index in [-0.39, 0.29) is 35.3 Å². The number of piperidine rings is 1. The summed E-state index contributed by atoms with van der Waals surface area (Å²) < 4.78 is 19.2. The smallest absolute Gasteiger partial charge is 0.191 e. The highest BCUT2D eigenvalue weighted by atomic mass is 127. The molecule has 1 aromatic rings. The van der Waals surface area contributed by atoms with E-state index in [2.05, 4.69) is 34.4 Å². The Morgan fingerprint density at radius 1 is 1.22 bits per heavy atom. The molecule has 0 bridgehead atoms. The van der Waals surface area contributed by atoms with Gasteiger partial charge in [0.1, 0.15) is 0 Å². The maximum absolute atomic E-state index is 13.9. The first kappa shape index (κ1) is 23.9. The lowest BCUT2D eigenvalue weighted by Gasteiger charge is -2.41. The SMILES string of the molecule is CCOc1ccc(CNC(=NC)NCC(C)(C)N2CCCCC2)cc1F.I. The van der Waals surface area contributed by atoms with Crippen LogP contribution in [0.3, 0.4) is 0 Å². The molecular weight excluding hydrogens is 458 g/mol. The van der Waals surface area contributed by atoms with Crippen LogP contribution in [0.4, 0.5) is 4.39 Å². The summed E-state index contributed by atoms with van der Waals surface area (Å²) in [5.74, 6) is 0.687. The van der Waals surface area contributed by atoms with E-state index < -0.39 is 0 Å². The van der Waals surface area contributed by atoms with Crippen molar-refractivity contribution < 1.29 is 9.13 Å². The maximum Gasteiger partial charge on any atom is 0.191 e. The fourth-order valence-corrected chi connectivity index (χ4v) is 3.24. The van der Waals surface area contributed by atoms with Crippen molar-refractivity contribution in [3.63, 3.8) is 0 Å². The largest absolute Gasteiger partial charge is 0.491 e. The summed E-state index contributed by atoms with van der Waals surface area (Å²) >= 11 is 0. The van der Waals surface area contributed by atoms with E-state index >= 15 is 0 Å². The summed E-state index contributed by atoms with van der Waals surface area (Å²) in [6, 6.07) is 5.04. The molecule has 0 unspecified atom stereocenters.